The van der Waals surface area contributed by atoms with Gasteiger partial charge in [-0.05, 0) is 18.7 Å². The Morgan fingerprint density at radius 2 is 2.22 bits per heavy atom. The molecular weight excluding hydrogens is 234 g/mol. The summed E-state index contributed by atoms with van der Waals surface area (Å²) < 4.78 is 5.09. The first-order valence-corrected chi connectivity index (χ1v) is 5.83. The molecule has 0 saturated carbocycles. The molecule has 1 fully saturated rings. The Bertz CT molecular complexity index is 446. The highest BCUT2D eigenvalue weighted by Crippen LogP contribution is 2.23. The van der Waals surface area contributed by atoms with E-state index in [4.69, 9.17) is 4.74 Å². The first-order chi connectivity index (χ1) is 8.60. The number of hydrogen-bond donors (Lipinski definition) is 1. The molecule has 6 nitrogen and oxygen atoms in total. The molecule has 0 radical (unpaired) electrons. The standard InChI is InChI=1S/C12H17N3O3/c1-14(11-6-13-7-11)8-9-3-10(15(16)17)5-12(4-9)18-2/h3-5,11,13H,6-8H2,1-2H3. The van der Waals surface area contributed by atoms with Crippen LogP contribution in [0.1, 0.15) is 5.56 Å². The monoisotopic (exact) mass is 251 g/mol. The van der Waals surface area contributed by atoms with Crippen molar-refractivity contribution in [1.29, 1.82) is 0 Å². The summed E-state index contributed by atoms with van der Waals surface area (Å²) >= 11 is 0. The lowest BCUT2D eigenvalue weighted by Crippen LogP contribution is -2.55. The van der Waals surface area contributed by atoms with Crippen LogP contribution in [0.2, 0.25) is 0 Å². The van der Waals surface area contributed by atoms with Crippen molar-refractivity contribution in [2.75, 3.05) is 27.2 Å². The zero-order valence-electron chi connectivity index (χ0n) is 10.5. The Labute approximate surface area is 106 Å². The largest absolute Gasteiger partial charge is 0.496 e. The van der Waals surface area contributed by atoms with E-state index in [0.29, 0.717) is 18.3 Å². The maximum absolute atomic E-state index is 10.8. The molecule has 0 bridgehead atoms. The number of likely N-dealkylation sites (N-methyl/N-ethyl adjacent to an activating group) is 1. The summed E-state index contributed by atoms with van der Waals surface area (Å²) in [5, 5.41) is 14.0. The number of methoxy groups -OCH3 is 1. The molecule has 1 N–H and O–H groups in total. The lowest BCUT2D eigenvalue weighted by Gasteiger charge is -2.35. The van der Waals surface area contributed by atoms with Crippen molar-refractivity contribution >= 4 is 5.69 Å². The number of nitro groups is 1. The highest BCUT2D eigenvalue weighted by molar-refractivity contribution is 5.42. The zero-order chi connectivity index (χ0) is 13.1. The van der Waals surface area contributed by atoms with Crippen LogP contribution in [-0.2, 0) is 6.54 Å². The van der Waals surface area contributed by atoms with Crippen molar-refractivity contribution in [2.45, 2.75) is 12.6 Å². The summed E-state index contributed by atoms with van der Waals surface area (Å²) in [6.07, 6.45) is 0. The van der Waals surface area contributed by atoms with E-state index in [0.717, 1.165) is 18.7 Å². The molecule has 1 heterocycles. The van der Waals surface area contributed by atoms with Crippen molar-refractivity contribution in [1.82, 2.24) is 10.2 Å². The lowest BCUT2D eigenvalue weighted by atomic mass is 10.1. The van der Waals surface area contributed by atoms with E-state index in [1.54, 1.807) is 6.07 Å². The van der Waals surface area contributed by atoms with E-state index >= 15 is 0 Å². The molecule has 1 aliphatic heterocycles. The second-order valence-electron chi connectivity index (χ2n) is 4.52. The first kappa shape index (κ1) is 12.8. The molecule has 18 heavy (non-hydrogen) atoms. The topological polar surface area (TPSA) is 67.6 Å². The first-order valence-electron chi connectivity index (χ1n) is 5.83. The number of ether oxygens (including phenoxy) is 1. The van der Waals surface area contributed by atoms with Crippen LogP contribution in [0, 0.1) is 10.1 Å². The third kappa shape index (κ3) is 2.77. The van der Waals surface area contributed by atoms with Crippen LogP contribution in [0.3, 0.4) is 0 Å². The van der Waals surface area contributed by atoms with Gasteiger partial charge in [0.25, 0.3) is 5.69 Å². The van der Waals surface area contributed by atoms with Crippen LogP contribution in [0.4, 0.5) is 5.69 Å². The van der Waals surface area contributed by atoms with Crippen molar-refractivity contribution in [3.8, 4) is 5.75 Å². The average molecular weight is 251 g/mol. The predicted octanol–water partition coefficient (Wildman–Crippen LogP) is 1.01. The number of nitrogens with one attached hydrogen (secondary N) is 1. The molecule has 1 aromatic rings. The minimum absolute atomic E-state index is 0.0736. The van der Waals surface area contributed by atoms with Gasteiger partial charge in [-0.2, -0.15) is 0 Å². The molecular formula is C12H17N3O3. The minimum atomic E-state index is -0.392. The van der Waals surface area contributed by atoms with E-state index in [1.165, 1.54) is 13.2 Å². The molecule has 0 atom stereocenters. The van der Waals surface area contributed by atoms with Crippen molar-refractivity contribution in [3.05, 3.63) is 33.9 Å². The van der Waals surface area contributed by atoms with Gasteiger partial charge in [0.05, 0.1) is 18.1 Å². The number of nitrogens with zero attached hydrogens (tertiary/aromatic N) is 2. The number of rotatable bonds is 5. The quantitative estimate of drug-likeness (QED) is 0.625. The van der Waals surface area contributed by atoms with Crippen LogP contribution >= 0.6 is 0 Å². The van der Waals surface area contributed by atoms with Crippen molar-refractivity contribution in [3.63, 3.8) is 0 Å². The van der Waals surface area contributed by atoms with Gasteiger partial charge < -0.3 is 10.1 Å². The van der Waals surface area contributed by atoms with Gasteiger partial charge in [-0.25, -0.2) is 0 Å². The van der Waals surface area contributed by atoms with E-state index in [9.17, 15) is 10.1 Å². The molecule has 2 rings (SSSR count). The summed E-state index contributed by atoms with van der Waals surface area (Å²) in [5.41, 5.74) is 0.972. The summed E-state index contributed by atoms with van der Waals surface area (Å²) in [5.74, 6) is 0.527. The van der Waals surface area contributed by atoms with Crippen molar-refractivity contribution < 1.29 is 9.66 Å². The van der Waals surface area contributed by atoms with E-state index in [2.05, 4.69) is 10.2 Å². The number of nitro benzene ring substituents is 1. The molecule has 1 saturated heterocycles. The van der Waals surface area contributed by atoms with Crippen LogP contribution < -0.4 is 10.1 Å². The van der Waals surface area contributed by atoms with Gasteiger partial charge in [-0.15, -0.1) is 0 Å². The molecule has 1 aliphatic rings. The second kappa shape index (κ2) is 5.32. The molecule has 0 aliphatic carbocycles. The Kier molecular flexibility index (Phi) is 3.78. The van der Waals surface area contributed by atoms with Gasteiger partial charge in [-0.3, -0.25) is 15.0 Å². The van der Waals surface area contributed by atoms with Crippen LogP contribution in [0.25, 0.3) is 0 Å². The highest BCUT2D eigenvalue weighted by atomic mass is 16.6. The summed E-state index contributed by atoms with van der Waals surface area (Å²) in [6, 6.07) is 5.39. The fraction of sp³-hybridized carbons (Fsp3) is 0.500. The summed E-state index contributed by atoms with van der Waals surface area (Å²) in [4.78, 5) is 12.6. The van der Waals surface area contributed by atoms with Crippen LogP contribution in [0.5, 0.6) is 5.75 Å². The van der Waals surface area contributed by atoms with Gasteiger partial charge in [0, 0.05) is 31.7 Å². The van der Waals surface area contributed by atoms with E-state index in [1.807, 2.05) is 13.1 Å². The van der Waals surface area contributed by atoms with Crippen LogP contribution in [0.15, 0.2) is 18.2 Å². The molecule has 6 heteroatoms. The van der Waals surface area contributed by atoms with Gasteiger partial charge in [0.1, 0.15) is 5.75 Å². The molecule has 0 amide bonds. The van der Waals surface area contributed by atoms with Gasteiger partial charge >= 0.3 is 0 Å². The fourth-order valence-electron chi connectivity index (χ4n) is 1.96. The molecule has 0 spiro atoms. The SMILES string of the molecule is COc1cc(CN(C)C2CNC2)cc([N+](=O)[O-])c1. The molecule has 0 unspecified atom stereocenters. The molecule has 0 aromatic heterocycles. The number of non-ortho nitro benzene ring substituents is 1. The summed E-state index contributed by atoms with van der Waals surface area (Å²) in [7, 11) is 3.54. The van der Waals surface area contributed by atoms with E-state index < -0.39 is 4.92 Å². The van der Waals surface area contributed by atoms with Crippen molar-refractivity contribution in [2.24, 2.45) is 0 Å². The Morgan fingerprint density at radius 1 is 1.50 bits per heavy atom. The highest BCUT2D eigenvalue weighted by Gasteiger charge is 2.22. The smallest absolute Gasteiger partial charge is 0.273 e. The minimum Gasteiger partial charge on any atom is -0.496 e. The fourth-order valence-corrected chi connectivity index (χ4v) is 1.96. The predicted molar refractivity (Wildman–Crippen MR) is 67.8 cm³/mol. The maximum Gasteiger partial charge on any atom is 0.273 e. The third-order valence-corrected chi connectivity index (χ3v) is 3.21. The normalized spacial score (nSPS) is 15.5. The second-order valence-corrected chi connectivity index (χ2v) is 4.52. The Morgan fingerprint density at radius 3 is 2.72 bits per heavy atom. The summed E-state index contributed by atoms with van der Waals surface area (Å²) in [6.45, 7) is 2.63. The Hall–Kier alpha value is -1.66. The maximum atomic E-state index is 10.8. The lowest BCUT2D eigenvalue weighted by molar-refractivity contribution is -0.385. The number of hydrogen-bond acceptors (Lipinski definition) is 5. The van der Waals surface area contributed by atoms with Gasteiger partial charge in [0.2, 0.25) is 0 Å². The Balaban J connectivity index is 2.15. The van der Waals surface area contributed by atoms with Crippen LogP contribution in [-0.4, -0.2) is 43.1 Å². The number of benzene rings is 1. The van der Waals surface area contributed by atoms with E-state index in [-0.39, 0.29) is 5.69 Å². The van der Waals surface area contributed by atoms with Gasteiger partial charge in [-0.1, -0.05) is 0 Å². The molecule has 98 valence electrons. The molecule has 1 aromatic carbocycles. The average Bonchev–Trinajstić information content (AvgIpc) is 2.25. The third-order valence-electron chi connectivity index (χ3n) is 3.21. The zero-order valence-corrected chi connectivity index (χ0v) is 10.5. The van der Waals surface area contributed by atoms with Gasteiger partial charge in [0.15, 0.2) is 0 Å².